The highest BCUT2D eigenvalue weighted by Gasteiger charge is 2.15. The third-order valence-corrected chi connectivity index (χ3v) is 2.95. The van der Waals surface area contributed by atoms with Crippen molar-refractivity contribution in [3.05, 3.63) is 62.6 Å². The third-order valence-electron chi connectivity index (χ3n) is 2.45. The topological polar surface area (TPSA) is 72.6 Å². The van der Waals surface area contributed by atoms with Crippen LogP contribution in [0.5, 0.6) is 11.5 Å². The minimum atomic E-state index is -0.496. The Labute approximate surface area is 117 Å². The monoisotopic (exact) mass is 323 g/mol. The molecule has 1 N–H and O–H groups in total. The molecule has 0 radical (unpaired) electrons. The summed E-state index contributed by atoms with van der Waals surface area (Å²) in [6, 6.07) is 11.2. The first-order valence-corrected chi connectivity index (χ1v) is 6.21. The van der Waals surface area contributed by atoms with E-state index in [4.69, 9.17) is 9.84 Å². The zero-order chi connectivity index (χ0) is 13.8. The molecule has 19 heavy (non-hydrogen) atoms. The van der Waals surface area contributed by atoms with Gasteiger partial charge in [0, 0.05) is 16.6 Å². The number of hydrogen-bond donors (Lipinski definition) is 1. The fourth-order valence-electron chi connectivity index (χ4n) is 1.51. The van der Waals surface area contributed by atoms with Gasteiger partial charge in [0.1, 0.15) is 5.75 Å². The average Bonchev–Trinajstić information content (AvgIpc) is 2.39. The number of nitro groups is 1. The van der Waals surface area contributed by atoms with Gasteiger partial charge in [0.05, 0.1) is 11.5 Å². The number of aliphatic hydroxyl groups excluding tert-OH is 1. The predicted octanol–water partition coefficient (Wildman–Crippen LogP) is 3.64. The molecule has 0 saturated heterocycles. The molecule has 0 unspecified atom stereocenters. The van der Waals surface area contributed by atoms with E-state index in [0.717, 1.165) is 5.56 Å². The fraction of sp³-hybridized carbons (Fsp3) is 0.0769. The van der Waals surface area contributed by atoms with E-state index in [-0.39, 0.29) is 18.0 Å². The van der Waals surface area contributed by atoms with E-state index in [1.54, 1.807) is 30.3 Å². The van der Waals surface area contributed by atoms with Gasteiger partial charge in [0.2, 0.25) is 5.75 Å². The maximum atomic E-state index is 10.9. The number of rotatable bonds is 4. The van der Waals surface area contributed by atoms with E-state index in [9.17, 15) is 10.1 Å². The lowest BCUT2D eigenvalue weighted by molar-refractivity contribution is -0.385. The molecule has 0 saturated carbocycles. The van der Waals surface area contributed by atoms with E-state index in [0.29, 0.717) is 10.2 Å². The second-order valence-electron chi connectivity index (χ2n) is 3.77. The zero-order valence-electron chi connectivity index (χ0n) is 9.75. The molecular weight excluding hydrogens is 314 g/mol. The SMILES string of the molecule is O=[N+]([O-])c1ccc(Br)cc1Oc1ccc(CO)cc1. The number of nitrogens with zero attached hydrogens (tertiary/aromatic N) is 1. The van der Waals surface area contributed by atoms with Crippen LogP contribution in [0.4, 0.5) is 5.69 Å². The van der Waals surface area contributed by atoms with Gasteiger partial charge in [0.25, 0.3) is 0 Å². The fourth-order valence-corrected chi connectivity index (χ4v) is 1.85. The molecule has 0 aliphatic heterocycles. The summed E-state index contributed by atoms with van der Waals surface area (Å²) in [5.41, 5.74) is 0.644. The van der Waals surface area contributed by atoms with Crippen molar-refractivity contribution in [3.8, 4) is 11.5 Å². The van der Waals surface area contributed by atoms with Crippen LogP contribution in [0.15, 0.2) is 46.9 Å². The summed E-state index contributed by atoms with van der Waals surface area (Å²) in [7, 11) is 0. The zero-order valence-corrected chi connectivity index (χ0v) is 11.3. The first-order chi connectivity index (χ1) is 9.10. The van der Waals surface area contributed by atoms with Gasteiger partial charge in [-0.2, -0.15) is 0 Å². The van der Waals surface area contributed by atoms with Crippen LogP contribution in [0.1, 0.15) is 5.56 Å². The molecule has 0 aromatic heterocycles. The van der Waals surface area contributed by atoms with E-state index in [1.807, 2.05) is 0 Å². The molecule has 2 aromatic carbocycles. The lowest BCUT2D eigenvalue weighted by Crippen LogP contribution is -1.93. The molecule has 5 nitrogen and oxygen atoms in total. The second-order valence-corrected chi connectivity index (χ2v) is 4.69. The van der Waals surface area contributed by atoms with Gasteiger partial charge in [-0.3, -0.25) is 10.1 Å². The number of hydrogen-bond acceptors (Lipinski definition) is 4. The van der Waals surface area contributed by atoms with Crippen LogP contribution in [0.2, 0.25) is 0 Å². The van der Waals surface area contributed by atoms with Crippen molar-refractivity contribution in [1.82, 2.24) is 0 Å². The Bertz CT molecular complexity index is 598. The maximum Gasteiger partial charge on any atom is 0.311 e. The van der Waals surface area contributed by atoms with Crippen LogP contribution >= 0.6 is 15.9 Å². The van der Waals surface area contributed by atoms with Crippen LogP contribution in [0, 0.1) is 10.1 Å². The number of aliphatic hydroxyl groups is 1. The Morgan fingerprint density at radius 3 is 2.47 bits per heavy atom. The van der Waals surface area contributed by atoms with Gasteiger partial charge in [-0.05, 0) is 23.8 Å². The number of ether oxygens (including phenoxy) is 1. The number of halogens is 1. The van der Waals surface area contributed by atoms with Crippen LogP contribution < -0.4 is 4.74 Å². The standard InChI is InChI=1S/C13H10BrNO4/c14-10-3-6-12(15(17)18)13(7-10)19-11-4-1-9(8-16)2-5-11/h1-7,16H,8H2. The molecule has 0 fully saturated rings. The Hall–Kier alpha value is -1.92. The van der Waals surface area contributed by atoms with Crippen molar-refractivity contribution in [2.45, 2.75) is 6.61 Å². The molecule has 0 aliphatic carbocycles. The Kier molecular flexibility index (Phi) is 4.13. The number of benzene rings is 2. The third kappa shape index (κ3) is 3.30. The van der Waals surface area contributed by atoms with Gasteiger partial charge in [-0.15, -0.1) is 0 Å². The molecule has 2 rings (SSSR count). The first kappa shape index (κ1) is 13.5. The quantitative estimate of drug-likeness (QED) is 0.688. The highest BCUT2D eigenvalue weighted by molar-refractivity contribution is 9.10. The van der Waals surface area contributed by atoms with Crippen molar-refractivity contribution in [3.63, 3.8) is 0 Å². The number of nitro benzene ring substituents is 1. The van der Waals surface area contributed by atoms with Crippen molar-refractivity contribution >= 4 is 21.6 Å². The van der Waals surface area contributed by atoms with Crippen molar-refractivity contribution in [2.75, 3.05) is 0 Å². The van der Waals surface area contributed by atoms with E-state index < -0.39 is 4.92 Å². The smallest absolute Gasteiger partial charge is 0.311 e. The van der Waals surface area contributed by atoms with Crippen LogP contribution in [-0.2, 0) is 6.61 Å². The largest absolute Gasteiger partial charge is 0.450 e. The second kappa shape index (κ2) is 5.81. The lowest BCUT2D eigenvalue weighted by atomic mass is 10.2. The van der Waals surface area contributed by atoms with Gasteiger partial charge in [-0.25, -0.2) is 0 Å². The summed E-state index contributed by atoms with van der Waals surface area (Å²) in [5.74, 6) is 0.634. The Balaban J connectivity index is 2.31. The summed E-state index contributed by atoms with van der Waals surface area (Å²) in [6.07, 6.45) is 0. The summed E-state index contributed by atoms with van der Waals surface area (Å²) in [5, 5.41) is 19.8. The van der Waals surface area contributed by atoms with Gasteiger partial charge >= 0.3 is 5.69 Å². The van der Waals surface area contributed by atoms with E-state index in [1.165, 1.54) is 12.1 Å². The van der Waals surface area contributed by atoms with Gasteiger partial charge in [-0.1, -0.05) is 28.1 Å². The van der Waals surface area contributed by atoms with Gasteiger partial charge < -0.3 is 9.84 Å². The predicted molar refractivity (Wildman–Crippen MR) is 73.2 cm³/mol. The molecule has 98 valence electrons. The minimum absolute atomic E-state index is 0.0582. The lowest BCUT2D eigenvalue weighted by Gasteiger charge is -2.07. The average molecular weight is 324 g/mol. The van der Waals surface area contributed by atoms with Crippen molar-refractivity contribution in [1.29, 1.82) is 0 Å². The molecule has 2 aromatic rings. The normalized spacial score (nSPS) is 10.2. The molecule has 6 heteroatoms. The molecular formula is C13H10BrNO4. The maximum absolute atomic E-state index is 10.9. The summed E-state index contributed by atoms with van der Waals surface area (Å²) in [6.45, 7) is -0.0582. The Morgan fingerprint density at radius 2 is 1.89 bits per heavy atom. The van der Waals surface area contributed by atoms with Crippen molar-refractivity contribution in [2.24, 2.45) is 0 Å². The molecule has 0 spiro atoms. The first-order valence-electron chi connectivity index (χ1n) is 5.42. The summed E-state index contributed by atoms with van der Waals surface area (Å²) >= 11 is 3.25. The molecule has 0 aliphatic rings. The van der Waals surface area contributed by atoms with Gasteiger partial charge in [0.15, 0.2) is 0 Å². The molecule has 0 atom stereocenters. The highest BCUT2D eigenvalue weighted by atomic mass is 79.9. The highest BCUT2D eigenvalue weighted by Crippen LogP contribution is 2.33. The van der Waals surface area contributed by atoms with Crippen LogP contribution in [-0.4, -0.2) is 10.0 Å². The Morgan fingerprint density at radius 1 is 1.21 bits per heavy atom. The van der Waals surface area contributed by atoms with Crippen LogP contribution in [0.25, 0.3) is 0 Å². The van der Waals surface area contributed by atoms with Crippen molar-refractivity contribution < 1.29 is 14.8 Å². The molecule has 0 heterocycles. The summed E-state index contributed by atoms with van der Waals surface area (Å²) < 4.78 is 6.19. The summed E-state index contributed by atoms with van der Waals surface area (Å²) in [4.78, 5) is 10.4. The molecule has 0 amide bonds. The molecule has 0 bridgehead atoms. The minimum Gasteiger partial charge on any atom is -0.450 e. The van der Waals surface area contributed by atoms with Crippen LogP contribution in [0.3, 0.4) is 0 Å². The van der Waals surface area contributed by atoms with E-state index in [2.05, 4.69) is 15.9 Å². The van der Waals surface area contributed by atoms with E-state index >= 15 is 0 Å².